The van der Waals surface area contributed by atoms with Gasteiger partial charge in [0.15, 0.2) is 11.3 Å². The molecule has 19 heteroatoms. The molecule has 456 valence electrons. The summed E-state index contributed by atoms with van der Waals surface area (Å²) >= 11 is 5.65. The number of nitrogen functional groups attached to an aromatic ring is 1. The van der Waals surface area contributed by atoms with Gasteiger partial charge < -0.3 is 49.8 Å². The molecule has 2 aliphatic rings. The zero-order valence-corrected chi connectivity index (χ0v) is 52.1. The van der Waals surface area contributed by atoms with Gasteiger partial charge in [0, 0.05) is 109 Å². The average molecular weight is 1210 g/mol. The predicted octanol–water partition coefficient (Wildman–Crippen LogP) is 13.1. The van der Waals surface area contributed by atoms with Gasteiger partial charge in [-0.2, -0.15) is 0 Å². The second-order valence-electron chi connectivity index (χ2n) is 23.9. The van der Waals surface area contributed by atoms with Gasteiger partial charge in [-0.15, -0.1) is 0 Å². The van der Waals surface area contributed by atoms with E-state index in [-0.39, 0.29) is 34.5 Å². The van der Waals surface area contributed by atoms with Crippen molar-refractivity contribution in [2.45, 2.75) is 66.2 Å². The van der Waals surface area contributed by atoms with Crippen molar-refractivity contribution >= 4 is 75.1 Å². The molecular formula is C70H73ClN12O6. The highest BCUT2D eigenvalue weighted by Crippen LogP contribution is 2.35. The van der Waals surface area contributed by atoms with E-state index < -0.39 is 0 Å². The third-order valence-corrected chi connectivity index (χ3v) is 15.9. The Labute approximate surface area is 523 Å². The number of anilines is 5. The SMILES string of the molecule is Cc1c(NC(=O)c2ccc(C(C)(C)C)cc2)cccc1-c1cc(N)c2nccn2c1.Cc1c(NC(=O)c2ccc(C(C)(C)C)cc2)cccc1-c1cc(Nc2ccc(C(=O)N3CCOCC3)cn2)c2nccn2c1.O=C(c1ccc(Cl)nc1)N1CCOCC1. The molecule has 0 saturated carbocycles. The lowest BCUT2D eigenvalue weighted by molar-refractivity contribution is 0.0301. The van der Waals surface area contributed by atoms with E-state index in [0.717, 1.165) is 61.7 Å². The molecule has 8 heterocycles. The number of carbonyl (C=O) groups excluding carboxylic acids is 4. The highest BCUT2D eigenvalue weighted by Gasteiger charge is 2.22. The molecule has 2 aliphatic heterocycles. The number of nitrogens with zero attached hydrogens (tertiary/aromatic N) is 8. The van der Waals surface area contributed by atoms with Crippen molar-refractivity contribution in [3.63, 3.8) is 0 Å². The van der Waals surface area contributed by atoms with Gasteiger partial charge in [-0.3, -0.25) is 19.2 Å². The van der Waals surface area contributed by atoms with E-state index in [1.807, 2.05) is 144 Å². The number of ether oxygens (including phenoxy) is 2. The van der Waals surface area contributed by atoms with Crippen LogP contribution >= 0.6 is 11.6 Å². The molecule has 89 heavy (non-hydrogen) atoms. The van der Waals surface area contributed by atoms with Gasteiger partial charge in [0.2, 0.25) is 0 Å². The number of fused-ring (bicyclic) bond motifs is 2. The molecule has 4 aromatic carbocycles. The summed E-state index contributed by atoms with van der Waals surface area (Å²) in [5.41, 5.74) is 21.2. The standard InChI is InChI=1S/C35H36N6O3.C25H26N4O.C10H11ClN2O2/c1-23-28(6-5-7-29(23)39-33(42)24-8-11-27(12-9-24)35(2,3)4)26-20-30(32-36-14-15-41(32)22-26)38-31-13-10-25(21-37-31)34(43)40-16-18-44-19-17-40;1-16-20(18-14-21(26)23-27-12-13-29(23)15-18)6-5-7-22(16)28-24(30)17-8-10-19(11-9-17)25(2,3)4;11-9-2-1-8(7-12-9)10(14)13-3-5-15-6-4-13/h5-15,20-22H,16-19H2,1-4H3,(H,37,38)(H,39,42);5-15H,26H2,1-4H3,(H,28,30);1-2,7H,3-6H2. The van der Waals surface area contributed by atoms with Crippen molar-refractivity contribution in [2.24, 2.45) is 0 Å². The van der Waals surface area contributed by atoms with Crippen LogP contribution in [0.15, 0.2) is 171 Å². The van der Waals surface area contributed by atoms with Gasteiger partial charge in [-0.25, -0.2) is 19.9 Å². The fourth-order valence-corrected chi connectivity index (χ4v) is 10.5. The molecule has 0 atom stereocenters. The first-order valence-electron chi connectivity index (χ1n) is 29.5. The number of morpholine rings is 2. The Balaban J connectivity index is 0.000000166. The largest absolute Gasteiger partial charge is 0.396 e. The molecule has 0 bridgehead atoms. The maximum Gasteiger partial charge on any atom is 0.255 e. The zero-order valence-electron chi connectivity index (χ0n) is 51.3. The number of amides is 4. The summed E-state index contributed by atoms with van der Waals surface area (Å²) in [6.45, 7) is 21.7. The van der Waals surface area contributed by atoms with Gasteiger partial charge in [-0.05, 0) is 131 Å². The molecule has 0 aliphatic carbocycles. The molecule has 5 N–H and O–H groups in total. The monoisotopic (exact) mass is 1210 g/mol. The van der Waals surface area contributed by atoms with Crippen molar-refractivity contribution in [3.8, 4) is 22.3 Å². The summed E-state index contributed by atoms with van der Waals surface area (Å²) in [4.78, 5) is 71.5. The van der Waals surface area contributed by atoms with Gasteiger partial charge >= 0.3 is 0 Å². The van der Waals surface area contributed by atoms with Crippen LogP contribution in [0.2, 0.25) is 5.15 Å². The third kappa shape index (κ3) is 15.0. The Hall–Kier alpha value is -9.75. The molecule has 0 radical (unpaired) electrons. The number of carbonyl (C=O) groups is 4. The number of pyridine rings is 4. The van der Waals surface area contributed by atoms with Crippen LogP contribution in [0.1, 0.15) is 105 Å². The van der Waals surface area contributed by atoms with Crippen molar-refractivity contribution in [1.82, 2.24) is 38.5 Å². The normalized spacial score (nSPS) is 13.4. The van der Waals surface area contributed by atoms with Crippen LogP contribution < -0.4 is 21.7 Å². The third-order valence-electron chi connectivity index (χ3n) is 15.7. The minimum Gasteiger partial charge on any atom is -0.396 e. The molecule has 0 spiro atoms. The Morgan fingerprint density at radius 3 is 1.40 bits per heavy atom. The van der Waals surface area contributed by atoms with Crippen molar-refractivity contribution in [1.29, 1.82) is 0 Å². The first kappa shape index (κ1) is 62.3. The second-order valence-corrected chi connectivity index (χ2v) is 24.3. The van der Waals surface area contributed by atoms with Crippen LogP contribution in [0.5, 0.6) is 0 Å². The number of nitrogens with one attached hydrogen (secondary N) is 3. The fourth-order valence-electron chi connectivity index (χ4n) is 10.4. The minimum absolute atomic E-state index is 0.0116. The number of nitrogens with two attached hydrogens (primary N) is 1. The molecule has 2 saturated heterocycles. The molecule has 18 nitrogen and oxygen atoms in total. The van der Waals surface area contributed by atoms with Crippen LogP contribution in [-0.2, 0) is 20.3 Å². The van der Waals surface area contributed by atoms with Crippen molar-refractivity contribution in [2.75, 3.05) is 74.3 Å². The summed E-state index contributed by atoms with van der Waals surface area (Å²) in [5.74, 6) is 0.262. The van der Waals surface area contributed by atoms with Crippen LogP contribution in [0.25, 0.3) is 33.5 Å². The molecule has 6 aromatic heterocycles. The lowest BCUT2D eigenvalue weighted by Gasteiger charge is -2.26. The van der Waals surface area contributed by atoms with E-state index in [1.54, 1.807) is 52.7 Å². The smallest absolute Gasteiger partial charge is 0.255 e. The van der Waals surface area contributed by atoms with Crippen molar-refractivity contribution in [3.05, 3.63) is 221 Å². The number of imidazole rings is 2. The second kappa shape index (κ2) is 27.1. The van der Waals surface area contributed by atoms with Gasteiger partial charge in [-0.1, -0.05) is 102 Å². The summed E-state index contributed by atoms with van der Waals surface area (Å²) in [5, 5.41) is 9.93. The number of hydrogen-bond acceptors (Lipinski definition) is 12. The lowest BCUT2D eigenvalue weighted by atomic mass is 9.86. The lowest BCUT2D eigenvalue weighted by Crippen LogP contribution is -2.40. The van der Waals surface area contributed by atoms with Gasteiger partial charge in [0.05, 0.1) is 48.9 Å². The number of rotatable bonds is 10. The molecule has 12 rings (SSSR count). The van der Waals surface area contributed by atoms with E-state index in [1.165, 1.54) is 17.3 Å². The van der Waals surface area contributed by atoms with Gasteiger partial charge in [0.25, 0.3) is 23.6 Å². The highest BCUT2D eigenvalue weighted by atomic mass is 35.5. The van der Waals surface area contributed by atoms with E-state index in [9.17, 15) is 19.2 Å². The Kier molecular flexibility index (Phi) is 19.0. The first-order chi connectivity index (χ1) is 42.7. The number of aromatic nitrogens is 6. The summed E-state index contributed by atoms with van der Waals surface area (Å²) in [7, 11) is 0. The summed E-state index contributed by atoms with van der Waals surface area (Å²) < 4.78 is 14.4. The van der Waals surface area contributed by atoms with E-state index in [4.69, 9.17) is 26.8 Å². The predicted molar refractivity (Wildman–Crippen MR) is 352 cm³/mol. The zero-order chi connectivity index (χ0) is 63.0. The molecule has 0 unspecified atom stereocenters. The Morgan fingerprint density at radius 1 is 0.517 bits per heavy atom. The minimum atomic E-state index is -0.153. The summed E-state index contributed by atoms with van der Waals surface area (Å²) in [6, 6.07) is 38.2. The van der Waals surface area contributed by atoms with Crippen LogP contribution in [0, 0.1) is 13.8 Å². The molecular weight excluding hydrogens is 1140 g/mol. The molecule has 4 amide bonds. The van der Waals surface area contributed by atoms with Gasteiger partial charge in [0.1, 0.15) is 11.0 Å². The van der Waals surface area contributed by atoms with E-state index in [0.29, 0.717) is 91.5 Å². The number of hydrogen-bond donors (Lipinski definition) is 4. The average Bonchev–Trinajstić information content (AvgIpc) is 2.93. The quantitative estimate of drug-likeness (QED) is 0.0941. The van der Waals surface area contributed by atoms with E-state index >= 15 is 0 Å². The van der Waals surface area contributed by atoms with Crippen LogP contribution in [0.4, 0.5) is 28.6 Å². The van der Waals surface area contributed by atoms with Crippen LogP contribution in [0.3, 0.4) is 0 Å². The summed E-state index contributed by atoms with van der Waals surface area (Å²) in [6.07, 6.45) is 14.4. The first-order valence-corrected chi connectivity index (χ1v) is 29.9. The molecule has 10 aromatic rings. The maximum absolute atomic E-state index is 13.2. The van der Waals surface area contributed by atoms with Crippen molar-refractivity contribution < 1.29 is 28.7 Å². The number of halogens is 1. The Bertz CT molecular complexity index is 4160. The maximum atomic E-state index is 13.2. The highest BCUT2D eigenvalue weighted by molar-refractivity contribution is 6.29. The fraction of sp³-hybridized carbons (Fsp3) is 0.257. The topological polar surface area (TPSA) is 216 Å². The number of benzene rings is 4. The van der Waals surface area contributed by atoms with E-state index in [2.05, 4.69) is 77.4 Å². The molecule has 2 fully saturated rings. The van der Waals surface area contributed by atoms with Crippen LogP contribution in [-0.4, -0.2) is 115 Å². The Morgan fingerprint density at radius 2 is 0.955 bits per heavy atom.